The molecule has 0 amide bonds. The maximum absolute atomic E-state index is 12.4. The summed E-state index contributed by atoms with van der Waals surface area (Å²) in [5, 5.41) is 20.2. The first kappa shape index (κ1) is 17.7. The first-order chi connectivity index (χ1) is 12.1. The van der Waals surface area contributed by atoms with Crippen LogP contribution in [0, 0.1) is 5.21 Å². The van der Waals surface area contributed by atoms with Gasteiger partial charge in [0.25, 0.3) is 0 Å². The predicted molar refractivity (Wildman–Crippen MR) is 99.9 cm³/mol. The van der Waals surface area contributed by atoms with Crippen LogP contribution in [0.25, 0.3) is 10.2 Å². The maximum Gasteiger partial charge on any atom is 0.173 e. The molecule has 1 heterocycles. The van der Waals surface area contributed by atoms with Crippen molar-refractivity contribution in [3.8, 4) is 5.75 Å². The number of para-hydroxylation sites is 1. The van der Waals surface area contributed by atoms with Gasteiger partial charge in [0.2, 0.25) is 0 Å². The van der Waals surface area contributed by atoms with Crippen molar-refractivity contribution in [1.29, 1.82) is 0 Å². The highest BCUT2D eigenvalue weighted by molar-refractivity contribution is 8.01. The number of thiazole rings is 1. The van der Waals surface area contributed by atoms with Gasteiger partial charge in [-0.25, -0.2) is 4.98 Å². The van der Waals surface area contributed by atoms with Crippen LogP contribution in [0.5, 0.6) is 5.75 Å². The second kappa shape index (κ2) is 7.83. The van der Waals surface area contributed by atoms with E-state index in [1.807, 2.05) is 24.3 Å². The average Bonchev–Trinajstić information content (AvgIpc) is 3.03. The van der Waals surface area contributed by atoms with Gasteiger partial charge in [0.15, 0.2) is 10.1 Å². The molecule has 0 atom stereocenters. The smallest absolute Gasteiger partial charge is 0.173 e. The molecule has 3 rings (SSSR count). The number of Topliss-reactive ketones (excluding diaryl/α,β-unsaturated/α-hetero) is 1. The van der Waals surface area contributed by atoms with Crippen molar-refractivity contribution in [1.82, 2.24) is 4.98 Å². The van der Waals surface area contributed by atoms with Crippen molar-refractivity contribution < 1.29 is 14.7 Å². The van der Waals surface area contributed by atoms with Crippen molar-refractivity contribution in [2.75, 3.05) is 17.6 Å². The molecule has 0 unspecified atom stereocenters. The highest BCUT2D eigenvalue weighted by Crippen LogP contribution is 2.31. The fourth-order valence-electron chi connectivity index (χ4n) is 2.24. The molecule has 25 heavy (non-hydrogen) atoms. The van der Waals surface area contributed by atoms with Crippen LogP contribution in [0.15, 0.2) is 46.8 Å². The second-order valence-electron chi connectivity index (χ2n) is 5.05. The van der Waals surface area contributed by atoms with Crippen LogP contribution in [-0.2, 0) is 0 Å². The molecular weight excluding hydrogens is 360 g/mol. The van der Waals surface area contributed by atoms with Gasteiger partial charge in [-0.05, 0) is 37.3 Å². The lowest BCUT2D eigenvalue weighted by molar-refractivity contribution is 0.102. The molecule has 130 valence electrons. The zero-order valence-electron chi connectivity index (χ0n) is 13.3. The first-order valence-electron chi connectivity index (χ1n) is 7.53. The van der Waals surface area contributed by atoms with Gasteiger partial charge < -0.3 is 15.2 Å². The molecule has 0 bridgehead atoms. The lowest BCUT2D eigenvalue weighted by Gasteiger charge is -2.24. The number of anilines is 1. The quantitative estimate of drug-likeness (QED) is 0.373. The number of hydrogen-bond acceptors (Lipinski definition) is 8. The molecule has 0 saturated carbocycles. The summed E-state index contributed by atoms with van der Waals surface area (Å²) in [6, 6.07) is 12.2. The lowest BCUT2D eigenvalue weighted by Crippen LogP contribution is -2.11. The summed E-state index contributed by atoms with van der Waals surface area (Å²) in [6.07, 6.45) is 0. The Morgan fingerprint density at radius 3 is 2.88 bits per heavy atom. The Balaban J connectivity index is 1.73. The molecule has 6 nitrogen and oxygen atoms in total. The molecule has 1 N–H and O–H groups in total. The molecule has 1 aromatic heterocycles. The topological polar surface area (TPSA) is 85.7 Å². The number of rotatable bonds is 7. The standard InChI is InChI=1S/C17H15N2O4S2/c1-2-23-15-8-7-11(9-13(15)19(21)22)14(20)10-24-17-18-12-5-3-4-6-16(12)25-17/h3-9,21H,2,10H2,1H3/q-1. The first-order valence-corrected chi connectivity index (χ1v) is 9.33. The molecule has 0 spiro atoms. The third kappa shape index (κ3) is 4.10. The summed E-state index contributed by atoms with van der Waals surface area (Å²) in [5.41, 5.74) is 1.16. The van der Waals surface area contributed by atoms with Crippen LogP contribution in [0.2, 0.25) is 0 Å². The summed E-state index contributed by atoms with van der Waals surface area (Å²) >= 11 is 2.88. The second-order valence-corrected chi connectivity index (χ2v) is 7.30. The van der Waals surface area contributed by atoms with Crippen molar-refractivity contribution in [3.05, 3.63) is 53.2 Å². The summed E-state index contributed by atoms with van der Waals surface area (Å²) in [6.45, 7) is 2.12. The third-order valence-corrected chi connectivity index (χ3v) is 5.57. The normalized spacial score (nSPS) is 10.8. The van der Waals surface area contributed by atoms with Crippen LogP contribution in [0.3, 0.4) is 0 Å². The number of carbonyl (C=O) groups excluding carboxylic acids is 1. The fourth-order valence-corrected chi connectivity index (χ4v) is 4.20. The Kier molecular flexibility index (Phi) is 5.54. The van der Waals surface area contributed by atoms with Crippen LogP contribution >= 0.6 is 23.1 Å². The molecular formula is C17H15N2O4S2-. The SMILES string of the molecule is CCOc1ccc(C(=O)CSc2nc3ccccc3s2)cc1N([O-])O. The zero-order chi connectivity index (χ0) is 17.8. The van der Waals surface area contributed by atoms with E-state index in [2.05, 4.69) is 4.98 Å². The molecule has 2 aromatic carbocycles. The van der Waals surface area contributed by atoms with Crippen LogP contribution in [0.1, 0.15) is 17.3 Å². The minimum atomic E-state index is -0.289. The molecule has 0 aliphatic carbocycles. The summed E-state index contributed by atoms with van der Waals surface area (Å²) in [5.74, 6) is 0.267. The van der Waals surface area contributed by atoms with Crippen molar-refractivity contribution >= 4 is 44.8 Å². The van der Waals surface area contributed by atoms with E-state index < -0.39 is 0 Å². The van der Waals surface area contributed by atoms with Gasteiger partial charge in [0.1, 0.15) is 5.75 Å². The Hall–Kier alpha value is -2.13. The van der Waals surface area contributed by atoms with Gasteiger partial charge >= 0.3 is 0 Å². The number of nitrogens with zero attached hydrogens (tertiary/aromatic N) is 2. The van der Waals surface area contributed by atoms with Gasteiger partial charge in [-0.1, -0.05) is 23.9 Å². The van der Waals surface area contributed by atoms with E-state index in [9.17, 15) is 15.2 Å². The Bertz CT molecular complexity index is 862. The lowest BCUT2D eigenvalue weighted by atomic mass is 10.1. The van der Waals surface area contributed by atoms with Crippen molar-refractivity contribution in [3.63, 3.8) is 0 Å². The van der Waals surface area contributed by atoms with E-state index in [0.717, 1.165) is 14.6 Å². The Labute approximate surface area is 152 Å². The van der Waals surface area contributed by atoms with Gasteiger partial charge in [-0.2, -0.15) is 0 Å². The Morgan fingerprint density at radius 2 is 2.16 bits per heavy atom. The number of aromatic nitrogens is 1. The van der Waals surface area contributed by atoms with E-state index in [1.165, 1.54) is 35.2 Å². The van der Waals surface area contributed by atoms with E-state index in [-0.39, 0.29) is 28.2 Å². The molecule has 0 aliphatic rings. The van der Waals surface area contributed by atoms with E-state index in [0.29, 0.717) is 12.2 Å². The van der Waals surface area contributed by atoms with Crippen LogP contribution < -0.4 is 9.96 Å². The number of carbonyl (C=O) groups is 1. The monoisotopic (exact) mass is 375 g/mol. The third-order valence-electron chi connectivity index (χ3n) is 3.39. The summed E-state index contributed by atoms with van der Waals surface area (Å²) < 4.78 is 7.16. The van der Waals surface area contributed by atoms with Gasteiger partial charge in [-0.3, -0.25) is 10.0 Å². The number of ether oxygens (including phenoxy) is 1. The highest BCUT2D eigenvalue weighted by Gasteiger charge is 2.13. The number of ketones is 1. The maximum atomic E-state index is 12.4. The number of thioether (sulfide) groups is 1. The minimum Gasteiger partial charge on any atom is -0.733 e. The van der Waals surface area contributed by atoms with Crippen molar-refractivity contribution in [2.45, 2.75) is 11.3 Å². The predicted octanol–water partition coefficient (Wildman–Crippen LogP) is 4.36. The van der Waals surface area contributed by atoms with E-state index in [4.69, 9.17) is 4.74 Å². The molecule has 0 radical (unpaired) electrons. The number of fused-ring (bicyclic) bond motifs is 1. The van der Waals surface area contributed by atoms with E-state index >= 15 is 0 Å². The van der Waals surface area contributed by atoms with Gasteiger partial charge in [0.05, 0.1) is 28.3 Å². The van der Waals surface area contributed by atoms with Crippen LogP contribution in [0.4, 0.5) is 5.69 Å². The van der Waals surface area contributed by atoms with Gasteiger partial charge in [0, 0.05) is 5.56 Å². The number of benzene rings is 2. The molecule has 8 heteroatoms. The van der Waals surface area contributed by atoms with Crippen molar-refractivity contribution in [2.24, 2.45) is 0 Å². The molecule has 0 aliphatic heterocycles. The minimum absolute atomic E-state index is 0.0855. The van der Waals surface area contributed by atoms with Gasteiger partial charge in [-0.15, -0.1) is 11.3 Å². The highest BCUT2D eigenvalue weighted by atomic mass is 32.2. The van der Waals surface area contributed by atoms with E-state index in [1.54, 1.807) is 13.0 Å². The fraction of sp³-hybridized carbons (Fsp3) is 0.176. The average molecular weight is 375 g/mol. The summed E-state index contributed by atoms with van der Waals surface area (Å²) in [7, 11) is 0. The number of hydrogen-bond donors (Lipinski definition) is 1. The zero-order valence-corrected chi connectivity index (χ0v) is 15.0. The molecule has 3 aromatic rings. The summed E-state index contributed by atoms with van der Waals surface area (Å²) in [4.78, 5) is 16.9. The molecule has 0 saturated heterocycles. The Morgan fingerprint density at radius 1 is 1.36 bits per heavy atom. The largest absolute Gasteiger partial charge is 0.733 e. The van der Waals surface area contributed by atoms with Crippen LogP contribution in [-0.4, -0.2) is 28.3 Å². The molecule has 0 fully saturated rings.